The third kappa shape index (κ3) is 3.40. The summed E-state index contributed by atoms with van der Waals surface area (Å²) in [5, 5.41) is 20.2. The molecule has 3 heterocycles. The lowest BCUT2D eigenvalue weighted by molar-refractivity contribution is -0.384. The Labute approximate surface area is 211 Å². The summed E-state index contributed by atoms with van der Waals surface area (Å²) >= 11 is 0. The molecule has 10 heteroatoms. The van der Waals surface area contributed by atoms with Crippen LogP contribution in [0.25, 0.3) is 0 Å². The Hall–Kier alpha value is -4.86. The van der Waals surface area contributed by atoms with Crippen molar-refractivity contribution in [2.75, 3.05) is 10.2 Å². The summed E-state index contributed by atoms with van der Waals surface area (Å²) < 4.78 is 0. The maximum Gasteiger partial charge on any atom is 0.269 e. The van der Waals surface area contributed by atoms with E-state index in [1.807, 2.05) is 30.3 Å². The molecule has 37 heavy (non-hydrogen) atoms. The fraction of sp³-hybridized carbons (Fsp3) is 0.185. The molecule has 3 amide bonds. The van der Waals surface area contributed by atoms with E-state index in [9.17, 15) is 24.5 Å². The molecular formula is C27H21N5O5. The SMILES string of the molecule is Cc1cc([N+](=O)[O-])ccc1N1C(=O)[C@@H]2[C@H](C1=O)[C@H]1c3ccccc3C=NN1[C@@H]2C(=O)Nc1ccccc1. The Morgan fingerprint density at radius 3 is 2.41 bits per heavy atom. The summed E-state index contributed by atoms with van der Waals surface area (Å²) in [7, 11) is 0. The lowest BCUT2D eigenvalue weighted by Gasteiger charge is -2.33. The molecule has 3 aliphatic rings. The maximum absolute atomic E-state index is 13.9. The van der Waals surface area contributed by atoms with E-state index < -0.39 is 46.6 Å². The predicted molar refractivity (Wildman–Crippen MR) is 135 cm³/mol. The lowest BCUT2D eigenvalue weighted by Crippen LogP contribution is -2.46. The fourth-order valence-electron chi connectivity index (χ4n) is 5.65. The molecule has 3 aliphatic heterocycles. The number of aryl methyl sites for hydroxylation is 1. The Balaban J connectivity index is 1.45. The minimum absolute atomic E-state index is 0.137. The lowest BCUT2D eigenvalue weighted by atomic mass is 9.85. The van der Waals surface area contributed by atoms with E-state index in [-0.39, 0.29) is 11.4 Å². The van der Waals surface area contributed by atoms with Gasteiger partial charge in [-0.25, -0.2) is 4.90 Å². The van der Waals surface area contributed by atoms with Gasteiger partial charge in [0.05, 0.1) is 34.7 Å². The third-order valence-corrected chi connectivity index (χ3v) is 7.24. The minimum Gasteiger partial charge on any atom is -0.324 e. The Morgan fingerprint density at radius 2 is 1.68 bits per heavy atom. The van der Waals surface area contributed by atoms with Crippen LogP contribution in [0.5, 0.6) is 0 Å². The van der Waals surface area contributed by atoms with E-state index in [1.165, 1.54) is 18.2 Å². The second-order valence-electron chi connectivity index (χ2n) is 9.29. The second-order valence-corrected chi connectivity index (χ2v) is 9.29. The van der Waals surface area contributed by atoms with Crippen molar-refractivity contribution in [2.24, 2.45) is 16.9 Å². The molecular weight excluding hydrogens is 474 g/mol. The zero-order chi connectivity index (χ0) is 25.8. The summed E-state index contributed by atoms with van der Waals surface area (Å²) in [6.45, 7) is 1.61. The van der Waals surface area contributed by atoms with Crippen LogP contribution in [-0.2, 0) is 14.4 Å². The monoisotopic (exact) mass is 495 g/mol. The molecule has 4 atom stereocenters. The molecule has 3 aromatic carbocycles. The first-order chi connectivity index (χ1) is 17.9. The molecule has 2 saturated heterocycles. The number of carbonyl (C=O) groups excluding carboxylic acids is 3. The summed E-state index contributed by atoms with van der Waals surface area (Å²) in [5.74, 6) is -3.26. The topological polar surface area (TPSA) is 125 Å². The van der Waals surface area contributed by atoms with Gasteiger partial charge >= 0.3 is 0 Å². The van der Waals surface area contributed by atoms with Crippen molar-refractivity contribution >= 4 is 41.0 Å². The number of rotatable bonds is 4. The highest BCUT2D eigenvalue weighted by Crippen LogP contribution is 2.53. The molecule has 0 radical (unpaired) electrons. The number of benzene rings is 3. The first kappa shape index (κ1) is 22.6. The number of nitrogens with one attached hydrogen (secondary N) is 1. The standard InChI is InChI=1S/C27H21N5O5/c1-15-13-18(32(36)37)11-12-20(15)30-26(34)21-22(27(30)35)24(25(33)29-17-8-3-2-4-9-17)31-23(21)19-10-6-5-7-16(19)14-28-31/h2-14,21-24H,1H3,(H,29,33)/t21-,22+,23+,24-/m0/s1. The Morgan fingerprint density at radius 1 is 0.973 bits per heavy atom. The van der Waals surface area contributed by atoms with Gasteiger partial charge in [0.2, 0.25) is 17.7 Å². The summed E-state index contributed by atoms with van der Waals surface area (Å²) in [6.07, 6.45) is 1.64. The summed E-state index contributed by atoms with van der Waals surface area (Å²) in [4.78, 5) is 53.2. The van der Waals surface area contributed by atoms with Gasteiger partial charge in [0.25, 0.3) is 5.69 Å². The number of hydrogen-bond acceptors (Lipinski definition) is 7. The number of anilines is 2. The molecule has 3 aromatic rings. The van der Waals surface area contributed by atoms with Crippen molar-refractivity contribution in [3.63, 3.8) is 0 Å². The van der Waals surface area contributed by atoms with Crippen molar-refractivity contribution in [1.29, 1.82) is 0 Å². The molecule has 0 spiro atoms. The number of non-ortho nitro benzene ring substituents is 1. The van der Waals surface area contributed by atoms with Gasteiger partial charge in [-0.1, -0.05) is 42.5 Å². The summed E-state index contributed by atoms with van der Waals surface area (Å²) in [6, 6.07) is 18.7. The largest absolute Gasteiger partial charge is 0.324 e. The number of hydrazone groups is 1. The van der Waals surface area contributed by atoms with Gasteiger partial charge in [-0.3, -0.25) is 29.5 Å². The van der Waals surface area contributed by atoms with Crippen molar-refractivity contribution in [3.8, 4) is 0 Å². The second kappa shape index (κ2) is 8.37. The zero-order valence-corrected chi connectivity index (χ0v) is 19.6. The van der Waals surface area contributed by atoms with Crippen molar-refractivity contribution in [2.45, 2.75) is 19.0 Å². The molecule has 2 fully saturated rings. The number of para-hydroxylation sites is 1. The van der Waals surface area contributed by atoms with Gasteiger partial charge in [-0.05, 0) is 41.8 Å². The highest BCUT2D eigenvalue weighted by molar-refractivity contribution is 6.24. The van der Waals surface area contributed by atoms with Crippen LogP contribution >= 0.6 is 0 Å². The molecule has 10 nitrogen and oxygen atoms in total. The van der Waals surface area contributed by atoms with Crippen LogP contribution in [0.1, 0.15) is 22.7 Å². The number of nitro groups is 1. The average molecular weight is 495 g/mol. The Bertz CT molecular complexity index is 1500. The maximum atomic E-state index is 13.9. The van der Waals surface area contributed by atoms with E-state index in [2.05, 4.69) is 10.4 Å². The van der Waals surface area contributed by atoms with Crippen LogP contribution in [0.4, 0.5) is 17.1 Å². The van der Waals surface area contributed by atoms with Crippen LogP contribution in [0.2, 0.25) is 0 Å². The van der Waals surface area contributed by atoms with E-state index in [4.69, 9.17) is 0 Å². The van der Waals surface area contributed by atoms with Gasteiger partial charge in [-0.2, -0.15) is 5.10 Å². The third-order valence-electron chi connectivity index (χ3n) is 7.24. The van der Waals surface area contributed by atoms with Crippen LogP contribution < -0.4 is 10.2 Å². The normalized spacial score (nSPS) is 23.5. The van der Waals surface area contributed by atoms with E-state index in [0.29, 0.717) is 11.3 Å². The van der Waals surface area contributed by atoms with Gasteiger partial charge in [0.1, 0.15) is 6.04 Å². The molecule has 0 aromatic heterocycles. The molecule has 0 bridgehead atoms. The number of imide groups is 1. The van der Waals surface area contributed by atoms with Gasteiger partial charge in [0.15, 0.2) is 0 Å². The summed E-state index contributed by atoms with van der Waals surface area (Å²) in [5.41, 5.74) is 2.75. The number of fused-ring (bicyclic) bond motifs is 5. The highest BCUT2D eigenvalue weighted by atomic mass is 16.6. The van der Waals surface area contributed by atoms with Gasteiger partial charge < -0.3 is 5.32 Å². The smallest absolute Gasteiger partial charge is 0.269 e. The molecule has 1 N–H and O–H groups in total. The van der Waals surface area contributed by atoms with Crippen molar-refractivity contribution < 1.29 is 19.3 Å². The van der Waals surface area contributed by atoms with E-state index in [0.717, 1.165) is 16.0 Å². The average Bonchev–Trinajstić information content (AvgIpc) is 3.37. The van der Waals surface area contributed by atoms with Crippen LogP contribution in [0.15, 0.2) is 77.9 Å². The van der Waals surface area contributed by atoms with E-state index in [1.54, 1.807) is 42.4 Å². The van der Waals surface area contributed by atoms with Crippen molar-refractivity contribution in [1.82, 2.24) is 5.01 Å². The quantitative estimate of drug-likeness (QED) is 0.336. The first-order valence-electron chi connectivity index (χ1n) is 11.8. The number of amides is 3. The molecule has 0 saturated carbocycles. The number of hydrogen-bond donors (Lipinski definition) is 1. The molecule has 0 aliphatic carbocycles. The van der Waals surface area contributed by atoms with Gasteiger partial charge in [-0.15, -0.1) is 0 Å². The molecule has 0 unspecified atom stereocenters. The van der Waals surface area contributed by atoms with Crippen LogP contribution in [0.3, 0.4) is 0 Å². The zero-order valence-electron chi connectivity index (χ0n) is 19.6. The number of nitrogens with zero attached hydrogens (tertiary/aromatic N) is 4. The Kier molecular flexibility index (Phi) is 5.11. The van der Waals surface area contributed by atoms with Crippen molar-refractivity contribution in [3.05, 3.63) is 99.6 Å². The molecule has 6 rings (SSSR count). The number of carbonyl (C=O) groups is 3. The van der Waals surface area contributed by atoms with Crippen LogP contribution in [-0.4, -0.2) is 39.9 Å². The minimum atomic E-state index is -1.03. The van der Waals surface area contributed by atoms with Gasteiger partial charge in [0, 0.05) is 17.8 Å². The predicted octanol–water partition coefficient (Wildman–Crippen LogP) is 3.42. The van der Waals surface area contributed by atoms with Crippen LogP contribution in [0, 0.1) is 28.9 Å². The number of nitro benzene ring substituents is 1. The fourth-order valence-corrected chi connectivity index (χ4v) is 5.65. The highest BCUT2D eigenvalue weighted by Gasteiger charge is 2.65. The van der Waals surface area contributed by atoms with E-state index >= 15 is 0 Å². The molecule has 184 valence electrons. The first-order valence-corrected chi connectivity index (χ1v) is 11.8.